The summed E-state index contributed by atoms with van der Waals surface area (Å²) >= 11 is 0. The van der Waals surface area contributed by atoms with Crippen LogP contribution in [0.25, 0.3) is 0 Å². The molecule has 2 N–H and O–H groups in total. The second-order valence-electron chi connectivity index (χ2n) is 8.67. The zero-order valence-electron chi connectivity index (χ0n) is 15.3. The molecular weight excluding hydrogens is 333 g/mol. The highest BCUT2D eigenvalue weighted by molar-refractivity contribution is 5.41. The minimum absolute atomic E-state index is 0.132. The van der Waals surface area contributed by atoms with Crippen molar-refractivity contribution in [3.05, 3.63) is 18.1 Å². The zero-order chi connectivity index (χ0) is 17.7. The van der Waals surface area contributed by atoms with Gasteiger partial charge >= 0.3 is 0 Å². The molecule has 2 aliphatic heterocycles. The molecule has 1 aromatic heterocycles. The second kappa shape index (κ2) is 6.39. The van der Waals surface area contributed by atoms with Gasteiger partial charge in [0.15, 0.2) is 0 Å². The summed E-state index contributed by atoms with van der Waals surface area (Å²) in [7, 11) is 0. The Morgan fingerprint density at radius 3 is 2.88 bits per heavy atom. The van der Waals surface area contributed by atoms with E-state index in [0.717, 1.165) is 37.3 Å². The van der Waals surface area contributed by atoms with Crippen LogP contribution in [0.4, 0.5) is 10.2 Å². The van der Waals surface area contributed by atoms with E-state index in [4.69, 9.17) is 4.74 Å². The molecule has 0 bridgehead atoms. The lowest BCUT2D eigenvalue weighted by atomic mass is 9.79. The molecule has 26 heavy (non-hydrogen) atoms. The van der Waals surface area contributed by atoms with Crippen LogP contribution >= 0.6 is 0 Å². The second-order valence-corrected chi connectivity index (χ2v) is 8.67. The monoisotopic (exact) mass is 361 g/mol. The quantitative estimate of drug-likeness (QED) is 0.858. The highest BCUT2D eigenvalue weighted by Gasteiger charge is 2.46. The number of nitrogens with zero attached hydrogens (tertiary/aromatic N) is 3. The van der Waals surface area contributed by atoms with Gasteiger partial charge in [0, 0.05) is 24.6 Å². The number of hydrogen-bond acceptors (Lipinski definition) is 6. The van der Waals surface area contributed by atoms with E-state index in [1.54, 1.807) is 6.33 Å². The molecule has 2 aliphatic carbocycles. The molecule has 4 aliphatic rings. The van der Waals surface area contributed by atoms with Crippen LogP contribution in [-0.2, 0) is 4.74 Å². The average molecular weight is 361 g/mol. The van der Waals surface area contributed by atoms with Crippen molar-refractivity contribution in [3.8, 4) is 0 Å². The number of fused-ring (bicyclic) bond motifs is 1. The van der Waals surface area contributed by atoms with Crippen LogP contribution in [0.1, 0.15) is 57.2 Å². The number of halogens is 1. The van der Waals surface area contributed by atoms with E-state index in [2.05, 4.69) is 27.7 Å². The van der Waals surface area contributed by atoms with Gasteiger partial charge in [-0.15, -0.1) is 0 Å². The zero-order valence-corrected chi connectivity index (χ0v) is 15.3. The summed E-state index contributed by atoms with van der Waals surface area (Å²) in [6.45, 7) is 3.40. The van der Waals surface area contributed by atoms with E-state index in [1.165, 1.54) is 12.8 Å². The van der Waals surface area contributed by atoms with Crippen LogP contribution < -0.4 is 15.8 Å². The van der Waals surface area contributed by atoms with Crippen LogP contribution in [0.3, 0.4) is 0 Å². The molecule has 5 atom stereocenters. The maximum absolute atomic E-state index is 13.5. The standard InChI is InChI=1S/C19H28FN5O/c1-19(5-6-19)26-13-2-3-15-14(8-13)18(24-23-15)16-9-17(22-11-21-16)25-7-4-12(20)10-25/h9,11-15,18,23-24H,2-8,10H2,1H3/t12-,13?,14?,15?,18?/m0/s1. The number of anilines is 1. The summed E-state index contributed by atoms with van der Waals surface area (Å²) in [6.07, 6.45) is 7.50. The number of aromatic nitrogens is 2. The fourth-order valence-corrected chi connectivity index (χ4v) is 4.74. The third-order valence-corrected chi connectivity index (χ3v) is 6.56. The summed E-state index contributed by atoms with van der Waals surface area (Å²) in [5.74, 6) is 1.31. The maximum Gasteiger partial charge on any atom is 0.132 e. The number of ether oxygens (including phenoxy) is 1. The molecule has 3 heterocycles. The van der Waals surface area contributed by atoms with Crippen LogP contribution in [0, 0.1) is 5.92 Å². The SMILES string of the molecule is CC1(OC2CCC3NNC(c4cc(N5CC[C@H](F)C5)ncn4)C3C2)CC1. The summed E-state index contributed by atoms with van der Waals surface area (Å²) in [4.78, 5) is 10.9. The van der Waals surface area contributed by atoms with Crippen molar-refractivity contribution < 1.29 is 9.13 Å². The van der Waals surface area contributed by atoms with E-state index in [0.29, 0.717) is 31.0 Å². The minimum Gasteiger partial charge on any atom is -0.372 e. The fraction of sp³-hybridized carbons (Fsp3) is 0.789. The molecule has 0 amide bonds. The molecule has 6 nitrogen and oxygen atoms in total. The highest BCUT2D eigenvalue weighted by atomic mass is 19.1. The first-order chi connectivity index (χ1) is 12.6. The van der Waals surface area contributed by atoms with Crippen molar-refractivity contribution in [2.75, 3.05) is 18.0 Å². The number of hydrazine groups is 1. The van der Waals surface area contributed by atoms with Gasteiger partial charge in [-0.05, 0) is 45.4 Å². The lowest BCUT2D eigenvalue weighted by Gasteiger charge is -2.34. The highest BCUT2D eigenvalue weighted by Crippen LogP contribution is 2.45. The van der Waals surface area contributed by atoms with E-state index < -0.39 is 6.17 Å². The molecule has 142 valence electrons. The van der Waals surface area contributed by atoms with Crippen molar-refractivity contribution in [2.45, 2.75) is 75.4 Å². The summed E-state index contributed by atoms with van der Waals surface area (Å²) in [5, 5.41) is 0. The lowest BCUT2D eigenvalue weighted by Crippen LogP contribution is -2.38. The van der Waals surface area contributed by atoms with Crippen LogP contribution in [0.2, 0.25) is 0 Å². The Labute approximate surface area is 153 Å². The third kappa shape index (κ3) is 3.21. The van der Waals surface area contributed by atoms with Gasteiger partial charge in [0.2, 0.25) is 0 Å². The van der Waals surface area contributed by atoms with Gasteiger partial charge in [0.1, 0.15) is 18.3 Å². The van der Waals surface area contributed by atoms with Gasteiger partial charge < -0.3 is 9.64 Å². The molecule has 2 saturated carbocycles. The largest absolute Gasteiger partial charge is 0.372 e. The van der Waals surface area contributed by atoms with Gasteiger partial charge in [0.25, 0.3) is 0 Å². The Balaban J connectivity index is 1.31. The molecule has 4 unspecified atom stereocenters. The topological polar surface area (TPSA) is 62.3 Å². The molecule has 0 aromatic carbocycles. The predicted molar refractivity (Wildman–Crippen MR) is 96.4 cm³/mol. The summed E-state index contributed by atoms with van der Waals surface area (Å²) < 4.78 is 19.9. The molecule has 1 aromatic rings. The normalized spacial score (nSPS) is 38.4. The fourth-order valence-electron chi connectivity index (χ4n) is 4.74. The third-order valence-electron chi connectivity index (χ3n) is 6.56. The first kappa shape index (κ1) is 16.8. The van der Waals surface area contributed by atoms with Gasteiger partial charge in [0.05, 0.1) is 30.0 Å². The number of nitrogens with one attached hydrogen (secondary N) is 2. The van der Waals surface area contributed by atoms with E-state index >= 15 is 0 Å². The van der Waals surface area contributed by atoms with E-state index in [1.807, 2.05) is 11.0 Å². The predicted octanol–water partition coefficient (Wildman–Crippen LogP) is 2.28. The number of alkyl halides is 1. The molecule has 4 fully saturated rings. The van der Waals surface area contributed by atoms with Crippen LogP contribution in [0.5, 0.6) is 0 Å². The Hall–Kier alpha value is -1.31. The smallest absolute Gasteiger partial charge is 0.132 e. The van der Waals surface area contributed by atoms with Crippen molar-refractivity contribution in [2.24, 2.45) is 5.92 Å². The molecule has 2 saturated heterocycles. The Morgan fingerprint density at radius 1 is 1.23 bits per heavy atom. The van der Waals surface area contributed by atoms with Gasteiger partial charge in [-0.1, -0.05) is 0 Å². The average Bonchev–Trinajstić information content (AvgIpc) is 3.05. The number of hydrogen-bond donors (Lipinski definition) is 2. The number of rotatable bonds is 4. The first-order valence-electron chi connectivity index (χ1n) is 9.99. The minimum atomic E-state index is -0.746. The van der Waals surface area contributed by atoms with Crippen molar-refractivity contribution in [1.82, 2.24) is 20.8 Å². The van der Waals surface area contributed by atoms with Gasteiger partial charge in [-0.25, -0.2) is 19.8 Å². The summed E-state index contributed by atoms with van der Waals surface area (Å²) in [6, 6.07) is 2.66. The maximum atomic E-state index is 13.5. The van der Waals surface area contributed by atoms with Gasteiger partial charge in [-0.3, -0.25) is 5.43 Å². The molecule has 5 rings (SSSR count). The Bertz CT molecular complexity index is 669. The Kier molecular flexibility index (Phi) is 4.14. The lowest BCUT2D eigenvalue weighted by molar-refractivity contribution is -0.0500. The molecular formula is C19H28FN5O. The van der Waals surface area contributed by atoms with Crippen molar-refractivity contribution in [1.29, 1.82) is 0 Å². The van der Waals surface area contributed by atoms with Crippen molar-refractivity contribution >= 4 is 5.82 Å². The molecule has 0 radical (unpaired) electrons. The first-order valence-corrected chi connectivity index (χ1v) is 9.99. The molecule has 0 spiro atoms. The van der Waals surface area contributed by atoms with Gasteiger partial charge in [-0.2, -0.15) is 0 Å². The van der Waals surface area contributed by atoms with E-state index in [-0.39, 0.29) is 11.6 Å². The van der Waals surface area contributed by atoms with Crippen molar-refractivity contribution in [3.63, 3.8) is 0 Å². The summed E-state index contributed by atoms with van der Waals surface area (Å²) in [5.41, 5.74) is 8.04. The Morgan fingerprint density at radius 2 is 2.12 bits per heavy atom. The van der Waals surface area contributed by atoms with Crippen LogP contribution in [-0.4, -0.2) is 47.0 Å². The van der Waals surface area contributed by atoms with Crippen LogP contribution in [0.15, 0.2) is 12.4 Å². The van der Waals surface area contributed by atoms with E-state index in [9.17, 15) is 4.39 Å². The molecule has 7 heteroatoms.